The van der Waals surface area contributed by atoms with E-state index in [-0.39, 0.29) is 0 Å². The van der Waals surface area contributed by atoms with E-state index in [9.17, 15) is 4.79 Å². The van der Waals surface area contributed by atoms with Crippen LogP contribution in [0.25, 0.3) is 0 Å². The number of rotatable bonds is 5. The highest BCUT2D eigenvalue weighted by molar-refractivity contribution is 5.72. The van der Waals surface area contributed by atoms with Crippen LogP contribution in [0, 0.1) is 11.3 Å². The summed E-state index contributed by atoms with van der Waals surface area (Å²) >= 11 is 0. The van der Waals surface area contributed by atoms with E-state index in [0.717, 1.165) is 18.8 Å². The molecule has 0 radical (unpaired) electrons. The molecule has 3 nitrogen and oxygen atoms in total. The van der Waals surface area contributed by atoms with Crippen LogP contribution >= 0.6 is 0 Å². The van der Waals surface area contributed by atoms with Crippen molar-refractivity contribution in [2.45, 2.75) is 45.6 Å². The van der Waals surface area contributed by atoms with Gasteiger partial charge in [0.25, 0.3) is 0 Å². The summed E-state index contributed by atoms with van der Waals surface area (Å²) in [6.45, 7) is 4.52. The summed E-state index contributed by atoms with van der Waals surface area (Å²) in [6, 6.07) is -0.665. The van der Waals surface area contributed by atoms with Gasteiger partial charge in [0.2, 0.25) is 0 Å². The summed E-state index contributed by atoms with van der Waals surface area (Å²) < 4.78 is 0. The zero-order valence-electron chi connectivity index (χ0n) is 8.42. The van der Waals surface area contributed by atoms with Crippen molar-refractivity contribution in [2.75, 3.05) is 0 Å². The molecule has 0 aromatic rings. The molecule has 3 N–H and O–H groups in total. The minimum Gasteiger partial charge on any atom is -0.480 e. The van der Waals surface area contributed by atoms with Gasteiger partial charge in [0.1, 0.15) is 6.04 Å². The summed E-state index contributed by atoms with van der Waals surface area (Å²) in [5.41, 5.74) is 5.90. The zero-order chi connectivity index (χ0) is 10.1. The maximum Gasteiger partial charge on any atom is 0.320 e. The summed E-state index contributed by atoms with van der Waals surface area (Å²) in [4.78, 5) is 10.4. The molecule has 0 amide bonds. The fraction of sp³-hybridized carbons (Fsp3) is 0.900. The molecule has 0 heterocycles. The van der Waals surface area contributed by atoms with Crippen LogP contribution in [0.1, 0.15) is 39.5 Å². The second kappa shape index (κ2) is 3.66. The van der Waals surface area contributed by atoms with Gasteiger partial charge < -0.3 is 10.8 Å². The van der Waals surface area contributed by atoms with Gasteiger partial charge in [-0.15, -0.1) is 0 Å². The first kappa shape index (κ1) is 10.5. The fourth-order valence-corrected chi connectivity index (χ4v) is 1.78. The molecule has 0 aliphatic heterocycles. The average Bonchev–Trinajstić information content (AvgIpc) is 2.58. The third-order valence-electron chi connectivity index (χ3n) is 3.10. The van der Waals surface area contributed by atoms with E-state index in [0.29, 0.717) is 11.8 Å². The van der Waals surface area contributed by atoms with E-state index in [2.05, 4.69) is 13.8 Å². The number of nitrogens with two attached hydrogens (primary N) is 1. The molecular formula is C10H19NO2. The maximum atomic E-state index is 10.4. The van der Waals surface area contributed by atoms with Gasteiger partial charge in [0, 0.05) is 0 Å². The van der Waals surface area contributed by atoms with Gasteiger partial charge in [0.05, 0.1) is 0 Å². The van der Waals surface area contributed by atoms with Crippen LogP contribution in [0.5, 0.6) is 0 Å². The summed E-state index contributed by atoms with van der Waals surface area (Å²) in [5.74, 6) is -0.0800. The van der Waals surface area contributed by atoms with Gasteiger partial charge in [0.15, 0.2) is 0 Å². The van der Waals surface area contributed by atoms with Gasteiger partial charge >= 0.3 is 5.97 Å². The monoisotopic (exact) mass is 185 g/mol. The smallest absolute Gasteiger partial charge is 0.320 e. The Morgan fingerprint density at radius 3 is 2.62 bits per heavy atom. The van der Waals surface area contributed by atoms with E-state index >= 15 is 0 Å². The largest absolute Gasteiger partial charge is 0.480 e. The summed E-state index contributed by atoms with van der Waals surface area (Å²) in [7, 11) is 0. The van der Waals surface area contributed by atoms with E-state index in [1.54, 1.807) is 0 Å². The Morgan fingerprint density at radius 1 is 1.69 bits per heavy atom. The van der Waals surface area contributed by atoms with Crippen molar-refractivity contribution in [3.8, 4) is 0 Å². The minimum absolute atomic E-state index is 0.507. The molecule has 1 aliphatic rings. The normalized spacial score (nSPS) is 26.8. The van der Waals surface area contributed by atoms with Crippen molar-refractivity contribution < 1.29 is 9.90 Å². The van der Waals surface area contributed by atoms with Gasteiger partial charge in [-0.25, -0.2) is 0 Å². The number of carboxylic acids is 1. The number of carbonyl (C=O) groups is 1. The van der Waals surface area contributed by atoms with E-state index < -0.39 is 12.0 Å². The Hall–Kier alpha value is -0.570. The standard InChI is InChI=1S/C10H19NO2/c1-10(2)6-7(10)4-3-5-8(11)9(12)13/h7-8H,3-6,11H2,1-2H3,(H,12,13)/t7?,8-/m1/s1. The number of aliphatic carboxylic acids is 1. The lowest BCUT2D eigenvalue weighted by Crippen LogP contribution is -2.29. The first-order valence-corrected chi connectivity index (χ1v) is 4.92. The van der Waals surface area contributed by atoms with Crippen molar-refractivity contribution in [3.05, 3.63) is 0 Å². The van der Waals surface area contributed by atoms with Gasteiger partial charge in [-0.1, -0.05) is 20.3 Å². The lowest BCUT2D eigenvalue weighted by atomic mass is 10.0. The molecule has 1 rings (SSSR count). The third-order valence-corrected chi connectivity index (χ3v) is 3.10. The van der Waals surface area contributed by atoms with Crippen molar-refractivity contribution >= 4 is 5.97 Å². The molecule has 0 bridgehead atoms. The van der Waals surface area contributed by atoms with Crippen molar-refractivity contribution in [1.29, 1.82) is 0 Å². The SMILES string of the molecule is CC1(C)CC1CCC[C@@H](N)C(=O)O. The average molecular weight is 185 g/mol. The number of hydrogen-bond donors (Lipinski definition) is 2. The van der Waals surface area contributed by atoms with Crippen LogP contribution in [0.4, 0.5) is 0 Å². The Labute approximate surface area is 79.3 Å². The third kappa shape index (κ3) is 2.99. The molecule has 13 heavy (non-hydrogen) atoms. The zero-order valence-corrected chi connectivity index (χ0v) is 8.42. The van der Waals surface area contributed by atoms with E-state index in [4.69, 9.17) is 10.8 Å². The van der Waals surface area contributed by atoms with E-state index in [1.165, 1.54) is 6.42 Å². The first-order valence-electron chi connectivity index (χ1n) is 4.92. The van der Waals surface area contributed by atoms with E-state index in [1.807, 2.05) is 0 Å². The molecule has 0 spiro atoms. The van der Waals surface area contributed by atoms with Crippen LogP contribution < -0.4 is 5.73 Å². The quantitative estimate of drug-likeness (QED) is 0.684. The fourth-order valence-electron chi connectivity index (χ4n) is 1.78. The van der Waals surface area contributed by atoms with Crippen LogP contribution in [0.3, 0.4) is 0 Å². The van der Waals surface area contributed by atoms with Crippen molar-refractivity contribution in [2.24, 2.45) is 17.1 Å². The highest BCUT2D eigenvalue weighted by atomic mass is 16.4. The van der Waals surface area contributed by atoms with Crippen LogP contribution in [-0.2, 0) is 4.79 Å². The molecular weight excluding hydrogens is 166 g/mol. The predicted octanol–water partition coefficient (Wildman–Crippen LogP) is 1.61. The number of hydrogen-bond acceptors (Lipinski definition) is 2. The Morgan fingerprint density at radius 2 is 2.23 bits per heavy atom. The first-order chi connectivity index (χ1) is 5.93. The molecule has 2 atom stereocenters. The molecule has 1 aliphatic carbocycles. The highest BCUT2D eigenvalue weighted by Crippen LogP contribution is 2.54. The second-order valence-corrected chi connectivity index (χ2v) is 4.77. The van der Waals surface area contributed by atoms with Crippen molar-refractivity contribution in [1.82, 2.24) is 0 Å². The molecule has 0 aromatic carbocycles. The lowest BCUT2D eigenvalue weighted by Gasteiger charge is -2.06. The molecule has 3 heteroatoms. The lowest BCUT2D eigenvalue weighted by molar-refractivity contribution is -0.138. The highest BCUT2D eigenvalue weighted by Gasteiger charge is 2.44. The Balaban J connectivity index is 2.06. The molecule has 1 unspecified atom stereocenters. The minimum atomic E-state index is -0.880. The Bertz CT molecular complexity index is 201. The predicted molar refractivity (Wildman–Crippen MR) is 51.4 cm³/mol. The maximum absolute atomic E-state index is 10.4. The second-order valence-electron chi connectivity index (χ2n) is 4.77. The van der Waals surface area contributed by atoms with Crippen LogP contribution in [0.2, 0.25) is 0 Å². The molecule has 1 fully saturated rings. The topological polar surface area (TPSA) is 63.3 Å². The van der Waals surface area contributed by atoms with Crippen LogP contribution in [-0.4, -0.2) is 17.1 Å². The van der Waals surface area contributed by atoms with Gasteiger partial charge in [-0.05, 0) is 30.6 Å². The number of carboxylic acid groups (broad SMARTS) is 1. The van der Waals surface area contributed by atoms with Crippen molar-refractivity contribution in [3.63, 3.8) is 0 Å². The molecule has 0 aromatic heterocycles. The van der Waals surface area contributed by atoms with Gasteiger partial charge in [-0.2, -0.15) is 0 Å². The summed E-state index contributed by atoms with van der Waals surface area (Å²) in [6.07, 6.45) is 3.98. The Kier molecular flexibility index (Phi) is 2.96. The van der Waals surface area contributed by atoms with Crippen LogP contribution in [0.15, 0.2) is 0 Å². The summed E-state index contributed by atoms with van der Waals surface area (Å²) in [5, 5.41) is 8.54. The molecule has 76 valence electrons. The molecule has 1 saturated carbocycles. The molecule has 0 saturated heterocycles. The van der Waals surface area contributed by atoms with Gasteiger partial charge in [-0.3, -0.25) is 4.79 Å².